The number of thioether (sulfide) groups is 1. The van der Waals surface area contributed by atoms with Crippen LogP contribution < -0.4 is 0 Å². The summed E-state index contributed by atoms with van der Waals surface area (Å²) in [5.41, 5.74) is 0.0586. The molecule has 0 amide bonds. The molecule has 0 spiro atoms. The second-order valence-corrected chi connectivity index (χ2v) is 4.27. The molecule has 1 aromatic rings. The topological polar surface area (TPSA) is 80.4 Å². The maximum atomic E-state index is 10.5. The molecule has 6 heteroatoms. The van der Waals surface area contributed by atoms with Gasteiger partial charge in [0.1, 0.15) is 0 Å². The normalized spacial score (nSPS) is 10.0. The highest BCUT2D eigenvalue weighted by molar-refractivity contribution is 7.99. The summed E-state index contributed by atoms with van der Waals surface area (Å²) in [6.45, 7) is 0. The average Bonchev–Trinajstić information content (AvgIpc) is 2.24. The molecule has 1 aromatic carbocycles. The molecular formula is C10H11NO4S. The van der Waals surface area contributed by atoms with Crippen LogP contribution in [0, 0.1) is 10.1 Å². The Morgan fingerprint density at radius 1 is 1.50 bits per heavy atom. The summed E-state index contributed by atoms with van der Waals surface area (Å²) in [7, 11) is 0. The van der Waals surface area contributed by atoms with Crippen molar-refractivity contribution in [3.8, 4) is 0 Å². The number of carboxylic acid groups (broad SMARTS) is 1. The molecule has 86 valence electrons. The molecule has 0 unspecified atom stereocenters. The van der Waals surface area contributed by atoms with Crippen LogP contribution in [0.5, 0.6) is 0 Å². The van der Waals surface area contributed by atoms with E-state index in [0.717, 1.165) is 4.90 Å². The number of carbonyl (C=O) groups is 1. The number of nitrogens with zero attached hydrogens (tertiary/aromatic N) is 1. The van der Waals surface area contributed by atoms with Gasteiger partial charge in [0.2, 0.25) is 0 Å². The van der Waals surface area contributed by atoms with Crippen molar-refractivity contribution in [2.45, 2.75) is 17.7 Å². The summed E-state index contributed by atoms with van der Waals surface area (Å²) in [5, 5.41) is 18.9. The van der Waals surface area contributed by atoms with E-state index < -0.39 is 10.9 Å². The van der Waals surface area contributed by atoms with Crippen molar-refractivity contribution in [3.05, 3.63) is 34.4 Å². The molecule has 0 heterocycles. The number of hydrogen-bond acceptors (Lipinski definition) is 4. The molecule has 0 atom stereocenters. The number of benzene rings is 1. The molecular weight excluding hydrogens is 230 g/mol. The Morgan fingerprint density at radius 3 is 2.88 bits per heavy atom. The van der Waals surface area contributed by atoms with Crippen molar-refractivity contribution in [1.29, 1.82) is 0 Å². The molecule has 0 fully saturated rings. The Bertz CT molecular complexity index is 394. The number of aliphatic carboxylic acids is 1. The van der Waals surface area contributed by atoms with E-state index >= 15 is 0 Å². The molecule has 0 aliphatic carbocycles. The average molecular weight is 241 g/mol. The lowest BCUT2D eigenvalue weighted by Gasteiger charge is -2.00. The van der Waals surface area contributed by atoms with E-state index in [1.165, 1.54) is 23.9 Å². The third-order valence-corrected chi connectivity index (χ3v) is 2.91. The van der Waals surface area contributed by atoms with Crippen molar-refractivity contribution in [2.24, 2.45) is 0 Å². The van der Waals surface area contributed by atoms with Gasteiger partial charge in [-0.2, -0.15) is 0 Å². The van der Waals surface area contributed by atoms with Gasteiger partial charge in [0, 0.05) is 23.4 Å². The lowest BCUT2D eigenvalue weighted by Crippen LogP contribution is -1.94. The number of nitro groups is 1. The molecule has 0 bridgehead atoms. The molecule has 0 saturated heterocycles. The molecule has 0 aliphatic heterocycles. The molecule has 0 radical (unpaired) electrons. The number of rotatable bonds is 6. The first-order valence-electron chi connectivity index (χ1n) is 4.68. The van der Waals surface area contributed by atoms with Gasteiger partial charge >= 0.3 is 5.97 Å². The highest BCUT2D eigenvalue weighted by Gasteiger charge is 2.05. The van der Waals surface area contributed by atoms with Gasteiger partial charge in [0.25, 0.3) is 5.69 Å². The first-order chi connectivity index (χ1) is 7.59. The van der Waals surface area contributed by atoms with E-state index in [0.29, 0.717) is 12.2 Å². The molecule has 16 heavy (non-hydrogen) atoms. The van der Waals surface area contributed by atoms with Crippen molar-refractivity contribution in [2.75, 3.05) is 5.75 Å². The highest BCUT2D eigenvalue weighted by Crippen LogP contribution is 2.23. The molecule has 0 aliphatic rings. The van der Waals surface area contributed by atoms with Crippen molar-refractivity contribution < 1.29 is 14.8 Å². The first-order valence-corrected chi connectivity index (χ1v) is 5.67. The van der Waals surface area contributed by atoms with Gasteiger partial charge in [-0.05, 0) is 18.2 Å². The van der Waals surface area contributed by atoms with E-state index in [9.17, 15) is 14.9 Å². The smallest absolute Gasteiger partial charge is 0.303 e. The standard InChI is InChI=1S/C10H11NO4S/c12-10(13)5-2-6-16-9-4-1-3-8(7-9)11(14)15/h1,3-4,7H,2,5-6H2,(H,12,13). The van der Waals surface area contributed by atoms with Crippen LogP contribution in [0.3, 0.4) is 0 Å². The van der Waals surface area contributed by atoms with Crippen LogP contribution >= 0.6 is 11.8 Å². The van der Waals surface area contributed by atoms with Crippen LogP contribution in [-0.4, -0.2) is 21.8 Å². The number of nitro benzene ring substituents is 1. The molecule has 5 nitrogen and oxygen atoms in total. The highest BCUT2D eigenvalue weighted by atomic mass is 32.2. The maximum Gasteiger partial charge on any atom is 0.303 e. The zero-order valence-corrected chi connectivity index (χ0v) is 9.27. The van der Waals surface area contributed by atoms with E-state index in [2.05, 4.69) is 0 Å². The van der Waals surface area contributed by atoms with E-state index in [1.54, 1.807) is 12.1 Å². The van der Waals surface area contributed by atoms with Gasteiger partial charge in [-0.1, -0.05) is 6.07 Å². The Balaban J connectivity index is 2.45. The monoisotopic (exact) mass is 241 g/mol. The van der Waals surface area contributed by atoms with Crippen LogP contribution in [0.1, 0.15) is 12.8 Å². The Labute approximate surface area is 96.6 Å². The summed E-state index contributed by atoms with van der Waals surface area (Å²) in [6.07, 6.45) is 0.685. The van der Waals surface area contributed by atoms with Crippen molar-refractivity contribution in [3.63, 3.8) is 0 Å². The summed E-state index contributed by atoms with van der Waals surface area (Å²) >= 11 is 1.43. The van der Waals surface area contributed by atoms with E-state index in [4.69, 9.17) is 5.11 Å². The lowest BCUT2D eigenvalue weighted by atomic mass is 10.3. The quantitative estimate of drug-likeness (QED) is 0.358. The summed E-state index contributed by atoms with van der Waals surface area (Å²) in [6, 6.07) is 6.32. The van der Waals surface area contributed by atoms with Crippen LogP contribution in [-0.2, 0) is 4.79 Å². The third kappa shape index (κ3) is 4.31. The second kappa shape index (κ2) is 6.12. The van der Waals surface area contributed by atoms with Crippen molar-refractivity contribution in [1.82, 2.24) is 0 Å². The second-order valence-electron chi connectivity index (χ2n) is 3.10. The van der Waals surface area contributed by atoms with Gasteiger partial charge in [0.15, 0.2) is 0 Å². The SMILES string of the molecule is O=C(O)CCCSc1cccc([N+](=O)[O-])c1. The van der Waals surface area contributed by atoms with E-state index in [-0.39, 0.29) is 12.1 Å². The Hall–Kier alpha value is -1.56. The number of non-ortho nitro benzene ring substituents is 1. The van der Waals surface area contributed by atoms with Gasteiger partial charge < -0.3 is 5.11 Å². The van der Waals surface area contributed by atoms with E-state index in [1.807, 2.05) is 0 Å². The fraction of sp³-hybridized carbons (Fsp3) is 0.300. The fourth-order valence-corrected chi connectivity index (χ4v) is 2.00. The summed E-state index contributed by atoms with van der Waals surface area (Å²) in [4.78, 5) is 21.1. The number of hydrogen-bond donors (Lipinski definition) is 1. The summed E-state index contributed by atoms with van der Waals surface area (Å²) < 4.78 is 0. The van der Waals surface area contributed by atoms with Crippen molar-refractivity contribution >= 4 is 23.4 Å². The predicted molar refractivity (Wildman–Crippen MR) is 60.7 cm³/mol. The van der Waals surface area contributed by atoms with Crippen LogP contribution in [0.25, 0.3) is 0 Å². The van der Waals surface area contributed by atoms with Crippen LogP contribution in [0.15, 0.2) is 29.2 Å². The first kappa shape index (κ1) is 12.5. The van der Waals surface area contributed by atoms with Crippen LogP contribution in [0.2, 0.25) is 0 Å². The number of carboxylic acids is 1. The lowest BCUT2D eigenvalue weighted by molar-refractivity contribution is -0.385. The fourth-order valence-electron chi connectivity index (χ4n) is 1.10. The minimum Gasteiger partial charge on any atom is -0.481 e. The van der Waals surface area contributed by atoms with Crippen LogP contribution in [0.4, 0.5) is 5.69 Å². The minimum absolute atomic E-state index is 0.0586. The maximum absolute atomic E-state index is 10.5. The molecule has 0 aromatic heterocycles. The van der Waals surface area contributed by atoms with Gasteiger partial charge in [-0.25, -0.2) is 0 Å². The Morgan fingerprint density at radius 2 is 2.25 bits per heavy atom. The molecule has 0 saturated carbocycles. The van der Waals surface area contributed by atoms with Gasteiger partial charge in [-0.3, -0.25) is 14.9 Å². The zero-order chi connectivity index (χ0) is 12.0. The molecule has 1 N–H and O–H groups in total. The zero-order valence-electron chi connectivity index (χ0n) is 8.46. The van der Waals surface area contributed by atoms with Gasteiger partial charge in [-0.15, -0.1) is 11.8 Å². The third-order valence-electron chi connectivity index (χ3n) is 1.83. The largest absolute Gasteiger partial charge is 0.481 e. The summed E-state index contributed by atoms with van der Waals surface area (Å²) in [5.74, 6) is -0.173. The Kier molecular flexibility index (Phi) is 4.78. The van der Waals surface area contributed by atoms with Gasteiger partial charge in [0.05, 0.1) is 4.92 Å². The minimum atomic E-state index is -0.820. The molecule has 1 rings (SSSR count). The predicted octanol–water partition coefficient (Wildman–Crippen LogP) is 2.55.